The Morgan fingerprint density at radius 1 is 1.06 bits per heavy atom. The zero-order valence-electron chi connectivity index (χ0n) is 8.49. The van der Waals surface area contributed by atoms with Crippen molar-refractivity contribution in [1.82, 2.24) is 0 Å². The summed E-state index contributed by atoms with van der Waals surface area (Å²) in [5.74, 6) is 0. The number of nitrogens with one attached hydrogen (secondary N) is 1. The van der Waals surface area contributed by atoms with Crippen LogP contribution in [0.4, 0.5) is 36.8 Å². The summed E-state index contributed by atoms with van der Waals surface area (Å²) >= 11 is 0. The van der Waals surface area contributed by atoms with Crippen LogP contribution >= 0.6 is 0 Å². The van der Waals surface area contributed by atoms with Gasteiger partial charge in [-0.15, -0.1) is 0 Å². The number of halogens is 6. The molecule has 0 unspecified atom stereocenters. The van der Waals surface area contributed by atoms with Crippen molar-refractivity contribution in [3.05, 3.63) is 29.3 Å². The Labute approximate surface area is 96.6 Å². The maximum atomic E-state index is 12.5. The zero-order valence-corrected chi connectivity index (χ0v) is 8.49. The third-order valence-corrected chi connectivity index (χ3v) is 1.91. The molecule has 0 fully saturated rings. The van der Waals surface area contributed by atoms with Gasteiger partial charge in [-0.1, -0.05) is 0 Å². The molecule has 0 atom stereocenters. The highest BCUT2D eigenvalue weighted by atomic mass is 19.4. The number of alkyl halides is 6. The second kappa shape index (κ2) is 4.39. The van der Waals surface area contributed by atoms with Crippen LogP contribution in [-0.4, -0.2) is 6.03 Å². The Morgan fingerprint density at radius 3 is 2.00 bits per heavy atom. The van der Waals surface area contributed by atoms with E-state index in [1.165, 1.54) is 5.32 Å². The first-order chi connectivity index (χ1) is 8.01. The van der Waals surface area contributed by atoms with Gasteiger partial charge < -0.3 is 11.1 Å². The standard InChI is InChI=1S/C9H6F6N2O/c10-8(11,12)4-1-2-5(9(13,14)15)6(3-4)17-7(16)18/h1-3H,(H3,16,17,18). The molecule has 1 rings (SSSR count). The largest absolute Gasteiger partial charge is 0.418 e. The third kappa shape index (κ3) is 3.28. The lowest BCUT2D eigenvalue weighted by atomic mass is 10.1. The number of primary amides is 1. The summed E-state index contributed by atoms with van der Waals surface area (Å²) < 4.78 is 74.3. The molecule has 3 nitrogen and oxygen atoms in total. The van der Waals surface area contributed by atoms with Gasteiger partial charge in [0.15, 0.2) is 0 Å². The Balaban J connectivity index is 3.34. The lowest BCUT2D eigenvalue weighted by Crippen LogP contribution is -2.22. The van der Waals surface area contributed by atoms with Gasteiger partial charge >= 0.3 is 18.4 Å². The van der Waals surface area contributed by atoms with E-state index < -0.39 is 35.2 Å². The van der Waals surface area contributed by atoms with E-state index in [-0.39, 0.29) is 18.2 Å². The van der Waals surface area contributed by atoms with E-state index in [1.807, 2.05) is 0 Å². The van der Waals surface area contributed by atoms with Gasteiger partial charge in [-0.3, -0.25) is 0 Å². The Hall–Kier alpha value is -1.93. The van der Waals surface area contributed by atoms with Gasteiger partial charge in [0.05, 0.1) is 16.8 Å². The summed E-state index contributed by atoms with van der Waals surface area (Å²) in [7, 11) is 0. The predicted molar refractivity (Wildman–Crippen MR) is 49.7 cm³/mol. The van der Waals surface area contributed by atoms with Crippen LogP contribution in [0, 0.1) is 0 Å². The molecule has 0 saturated carbocycles. The molecule has 0 heterocycles. The van der Waals surface area contributed by atoms with Crippen LogP contribution in [0.2, 0.25) is 0 Å². The van der Waals surface area contributed by atoms with E-state index in [9.17, 15) is 31.1 Å². The molecule has 0 aliphatic rings. The average Bonchev–Trinajstić information content (AvgIpc) is 2.13. The van der Waals surface area contributed by atoms with Crippen LogP contribution in [0.3, 0.4) is 0 Å². The van der Waals surface area contributed by atoms with Crippen LogP contribution in [0.5, 0.6) is 0 Å². The maximum Gasteiger partial charge on any atom is 0.418 e. The number of anilines is 1. The molecule has 2 amide bonds. The molecule has 100 valence electrons. The highest BCUT2D eigenvalue weighted by molar-refractivity contribution is 5.89. The van der Waals surface area contributed by atoms with Crippen LogP contribution in [0.15, 0.2) is 18.2 Å². The van der Waals surface area contributed by atoms with Crippen LogP contribution in [0.1, 0.15) is 11.1 Å². The lowest BCUT2D eigenvalue weighted by molar-refractivity contribution is -0.140. The molecule has 1 aromatic rings. The van der Waals surface area contributed by atoms with Crippen molar-refractivity contribution in [1.29, 1.82) is 0 Å². The minimum atomic E-state index is -4.90. The number of carbonyl (C=O) groups excluding carboxylic acids is 1. The molecule has 3 N–H and O–H groups in total. The fraction of sp³-hybridized carbons (Fsp3) is 0.222. The van der Waals surface area contributed by atoms with Crippen molar-refractivity contribution in [3.63, 3.8) is 0 Å². The van der Waals surface area contributed by atoms with Gasteiger partial charge in [-0.2, -0.15) is 26.3 Å². The summed E-state index contributed by atoms with van der Waals surface area (Å²) in [4.78, 5) is 10.5. The van der Waals surface area contributed by atoms with Gasteiger partial charge in [-0.05, 0) is 18.2 Å². The highest BCUT2D eigenvalue weighted by Crippen LogP contribution is 2.38. The first-order valence-corrected chi connectivity index (χ1v) is 4.36. The molecule has 18 heavy (non-hydrogen) atoms. The van der Waals surface area contributed by atoms with E-state index in [4.69, 9.17) is 0 Å². The summed E-state index contributed by atoms with van der Waals surface area (Å²) in [6.45, 7) is 0. The molecule has 0 aliphatic carbocycles. The minimum absolute atomic E-state index is 0.174. The fourth-order valence-electron chi connectivity index (χ4n) is 1.20. The summed E-state index contributed by atoms with van der Waals surface area (Å²) in [6.07, 6.45) is -9.72. The van der Waals surface area contributed by atoms with Gasteiger partial charge in [0.2, 0.25) is 0 Å². The number of benzene rings is 1. The van der Waals surface area contributed by atoms with Gasteiger partial charge in [0.1, 0.15) is 0 Å². The number of rotatable bonds is 1. The molecular weight excluding hydrogens is 266 g/mol. The van der Waals surface area contributed by atoms with Crippen molar-refractivity contribution in [3.8, 4) is 0 Å². The monoisotopic (exact) mass is 272 g/mol. The van der Waals surface area contributed by atoms with Crippen molar-refractivity contribution in [2.24, 2.45) is 5.73 Å². The van der Waals surface area contributed by atoms with Gasteiger partial charge in [0.25, 0.3) is 0 Å². The molecule has 9 heteroatoms. The molecule has 0 radical (unpaired) electrons. The molecule has 1 aromatic carbocycles. The van der Waals surface area contributed by atoms with E-state index in [0.717, 1.165) is 0 Å². The van der Waals surface area contributed by atoms with Crippen molar-refractivity contribution >= 4 is 11.7 Å². The van der Waals surface area contributed by atoms with E-state index in [2.05, 4.69) is 5.73 Å². The minimum Gasteiger partial charge on any atom is -0.351 e. The number of nitrogens with two attached hydrogens (primary N) is 1. The van der Waals surface area contributed by atoms with Gasteiger partial charge in [0, 0.05) is 0 Å². The first kappa shape index (κ1) is 14.1. The van der Waals surface area contributed by atoms with E-state index >= 15 is 0 Å². The Bertz CT molecular complexity index is 465. The predicted octanol–water partition coefficient (Wildman–Crippen LogP) is 3.21. The van der Waals surface area contributed by atoms with E-state index in [1.54, 1.807) is 0 Å². The Morgan fingerprint density at radius 2 is 1.61 bits per heavy atom. The SMILES string of the molecule is NC(=O)Nc1cc(C(F)(F)F)ccc1C(F)(F)F. The lowest BCUT2D eigenvalue weighted by Gasteiger charge is -2.15. The quantitative estimate of drug-likeness (QED) is 0.758. The highest BCUT2D eigenvalue weighted by Gasteiger charge is 2.37. The topological polar surface area (TPSA) is 55.1 Å². The average molecular weight is 272 g/mol. The van der Waals surface area contributed by atoms with Crippen LogP contribution < -0.4 is 11.1 Å². The van der Waals surface area contributed by atoms with E-state index in [0.29, 0.717) is 0 Å². The number of urea groups is 1. The van der Waals surface area contributed by atoms with Crippen LogP contribution in [-0.2, 0) is 12.4 Å². The molecule has 0 aliphatic heterocycles. The van der Waals surface area contributed by atoms with Gasteiger partial charge in [-0.25, -0.2) is 4.79 Å². The second-order valence-electron chi connectivity index (χ2n) is 3.25. The molecule has 0 spiro atoms. The second-order valence-corrected chi connectivity index (χ2v) is 3.25. The maximum absolute atomic E-state index is 12.5. The molecule has 0 bridgehead atoms. The normalized spacial score (nSPS) is 12.3. The Kier molecular flexibility index (Phi) is 3.45. The van der Waals surface area contributed by atoms with Crippen LogP contribution in [0.25, 0.3) is 0 Å². The number of amides is 2. The third-order valence-electron chi connectivity index (χ3n) is 1.91. The molecule has 0 saturated heterocycles. The number of hydrogen-bond donors (Lipinski definition) is 2. The van der Waals surface area contributed by atoms with Crippen molar-refractivity contribution in [2.45, 2.75) is 12.4 Å². The zero-order chi connectivity index (χ0) is 14.1. The fourth-order valence-corrected chi connectivity index (χ4v) is 1.20. The first-order valence-electron chi connectivity index (χ1n) is 4.36. The summed E-state index contributed by atoms with van der Waals surface area (Å²) in [6, 6.07) is -0.712. The molecular formula is C9H6F6N2O. The van der Waals surface area contributed by atoms with Crippen molar-refractivity contribution < 1.29 is 31.1 Å². The van der Waals surface area contributed by atoms with Crippen molar-refractivity contribution in [2.75, 3.05) is 5.32 Å². The smallest absolute Gasteiger partial charge is 0.351 e. The number of hydrogen-bond acceptors (Lipinski definition) is 1. The number of carbonyl (C=O) groups is 1. The molecule has 0 aromatic heterocycles. The summed E-state index contributed by atoms with van der Waals surface area (Å²) in [5, 5.41) is 1.51. The summed E-state index contributed by atoms with van der Waals surface area (Å²) in [5.41, 5.74) is 0.832.